The van der Waals surface area contributed by atoms with Gasteiger partial charge in [0.15, 0.2) is 4.96 Å². The minimum absolute atomic E-state index is 0.189. The Hall–Kier alpha value is -2.19. The van der Waals surface area contributed by atoms with Gasteiger partial charge in [-0.25, -0.2) is 10.4 Å². The van der Waals surface area contributed by atoms with Crippen LogP contribution in [-0.2, 0) is 11.2 Å². The maximum absolute atomic E-state index is 12.3. The lowest BCUT2D eigenvalue weighted by atomic mass is 10.2. The molecule has 0 aliphatic carbocycles. The van der Waals surface area contributed by atoms with Crippen LogP contribution in [0.5, 0.6) is 0 Å². The van der Waals surface area contributed by atoms with E-state index in [1.165, 1.54) is 17.6 Å². The summed E-state index contributed by atoms with van der Waals surface area (Å²) < 4.78 is 2.95. The highest BCUT2D eigenvalue weighted by molar-refractivity contribution is 9.10. The number of hydrazone groups is 1. The number of halogens is 3. The van der Waals surface area contributed by atoms with Crippen LogP contribution in [0.15, 0.2) is 63.6 Å². The SMILES string of the molecule is O=C(Cc1csc2nc(-c3ccc(Br)cc3)cn12)N/N=C/c1ccc(Cl)c(Cl)c1. The zero-order valence-electron chi connectivity index (χ0n) is 14.8. The molecule has 0 saturated carbocycles. The third kappa shape index (κ3) is 4.70. The van der Waals surface area contributed by atoms with Crippen molar-refractivity contribution in [2.75, 3.05) is 0 Å². The fourth-order valence-electron chi connectivity index (χ4n) is 2.69. The second kappa shape index (κ2) is 8.67. The predicted molar refractivity (Wildman–Crippen MR) is 122 cm³/mol. The molecule has 5 nitrogen and oxygen atoms in total. The highest BCUT2D eigenvalue weighted by Crippen LogP contribution is 2.25. The minimum Gasteiger partial charge on any atom is -0.294 e. The van der Waals surface area contributed by atoms with Crippen molar-refractivity contribution in [2.24, 2.45) is 5.10 Å². The number of rotatable bonds is 5. The van der Waals surface area contributed by atoms with Crippen molar-refractivity contribution >= 4 is 67.6 Å². The largest absolute Gasteiger partial charge is 0.294 e. The number of fused-ring (bicyclic) bond motifs is 1. The first-order chi connectivity index (χ1) is 14.0. The molecule has 2 aromatic carbocycles. The van der Waals surface area contributed by atoms with Crippen molar-refractivity contribution in [3.8, 4) is 11.3 Å². The van der Waals surface area contributed by atoms with Gasteiger partial charge in [0.1, 0.15) is 0 Å². The van der Waals surface area contributed by atoms with E-state index in [4.69, 9.17) is 23.2 Å². The van der Waals surface area contributed by atoms with Gasteiger partial charge in [-0.15, -0.1) is 11.3 Å². The molecule has 2 aromatic heterocycles. The highest BCUT2D eigenvalue weighted by atomic mass is 79.9. The predicted octanol–water partition coefficient (Wildman–Crippen LogP) is 5.82. The summed E-state index contributed by atoms with van der Waals surface area (Å²) in [4.78, 5) is 17.8. The van der Waals surface area contributed by atoms with E-state index >= 15 is 0 Å². The van der Waals surface area contributed by atoms with Crippen LogP contribution in [0.25, 0.3) is 16.2 Å². The third-order valence-electron chi connectivity index (χ3n) is 4.11. The molecule has 29 heavy (non-hydrogen) atoms. The average Bonchev–Trinajstić information content (AvgIpc) is 3.27. The number of nitrogens with zero attached hydrogens (tertiary/aromatic N) is 3. The molecular formula is C20H13BrCl2N4OS. The number of carbonyl (C=O) groups is 1. The summed E-state index contributed by atoms with van der Waals surface area (Å²) in [5.74, 6) is -0.222. The van der Waals surface area contributed by atoms with Gasteiger partial charge in [-0.1, -0.05) is 57.3 Å². The zero-order valence-corrected chi connectivity index (χ0v) is 18.7. The van der Waals surface area contributed by atoms with Gasteiger partial charge in [0.25, 0.3) is 0 Å². The summed E-state index contributed by atoms with van der Waals surface area (Å²) in [6.45, 7) is 0. The molecule has 9 heteroatoms. The maximum Gasteiger partial charge on any atom is 0.246 e. The molecule has 2 heterocycles. The molecule has 0 atom stereocenters. The lowest BCUT2D eigenvalue weighted by molar-refractivity contribution is -0.120. The molecule has 0 bridgehead atoms. The van der Waals surface area contributed by atoms with Crippen molar-refractivity contribution < 1.29 is 4.79 Å². The van der Waals surface area contributed by atoms with Gasteiger partial charge < -0.3 is 0 Å². The Bertz CT molecular complexity index is 1220. The van der Waals surface area contributed by atoms with E-state index < -0.39 is 0 Å². The first kappa shape index (κ1) is 20.1. The van der Waals surface area contributed by atoms with Crippen LogP contribution in [0.3, 0.4) is 0 Å². The molecule has 0 spiro atoms. The number of nitrogens with one attached hydrogen (secondary N) is 1. The Morgan fingerprint density at radius 1 is 1.21 bits per heavy atom. The van der Waals surface area contributed by atoms with Gasteiger partial charge in [0.2, 0.25) is 5.91 Å². The first-order valence-corrected chi connectivity index (χ1v) is 10.9. The summed E-state index contributed by atoms with van der Waals surface area (Å²) in [5, 5.41) is 6.81. The Morgan fingerprint density at radius 3 is 2.76 bits per heavy atom. The maximum atomic E-state index is 12.3. The van der Waals surface area contributed by atoms with E-state index in [2.05, 4.69) is 31.4 Å². The van der Waals surface area contributed by atoms with Crippen LogP contribution in [0, 0.1) is 0 Å². The Kier molecular flexibility index (Phi) is 6.01. The molecule has 4 rings (SSSR count). The van der Waals surface area contributed by atoms with E-state index in [9.17, 15) is 4.79 Å². The molecule has 1 N–H and O–H groups in total. The van der Waals surface area contributed by atoms with Gasteiger partial charge in [-0.05, 0) is 29.8 Å². The molecule has 1 amide bonds. The number of thiazole rings is 1. The lowest BCUT2D eigenvalue weighted by Crippen LogP contribution is -2.20. The molecular weight excluding hydrogens is 495 g/mol. The fourth-order valence-corrected chi connectivity index (χ4v) is 4.14. The second-order valence-electron chi connectivity index (χ2n) is 6.16. The molecule has 0 fully saturated rings. The second-order valence-corrected chi connectivity index (χ2v) is 8.72. The molecule has 0 aliphatic rings. The quantitative estimate of drug-likeness (QED) is 0.273. The number of hydrogen-bond acceptors (Lipinski definition) is 4. The standard InChI is InChI=1S/C20H13BrCl2N4OS/c21-14-4-2-13(3-5-14)18-10-27-15(11-29-20(27)25-18)8-19(28)26-24-9-12-1-6-16(22)17(23)7-12/h1-7,9-11H,8H2,(H,26,28)/b24-9+. The number of imidazole rings is 1. The van der Waals surface area contributed by atoms with E-state index in [0.29, 0.717) is 10.0 Å². The van der Waals surface area contributed by atoms with Crippen LogP contribution < -0.4 is 5.43 Å². The van der Waals surface area contributed by atoms with E-state index in [-0.39, 0.29) is 12.3 Å². The summed E-state index contributed by atoms with van der Waals surface area (Å²) >= 11 is 16.8. The monoisotopic (exact) mass is 506 g/mol. The number of carbonyl (C=O) groups excluding carboxylic acids is 1. The summed E-state index contributed by atoms with van der Waals surface area (Å²) in [5.41, 5.74) is 6.01. The van der Waals surface area contributed by atoms with Gasteiger partial charge >= 0.3 is 0 Å². The third-order valence-corrected chi connectivity index (χ3v) is 6.27. The first-order valence-electron chi connectivity index (χ1n) is 8.48. The Balaban J connectivity index is 1.44. The molecule has 0 aliphatic heterocycles. The van der Waals surface area contributed by atoms with Gasteiger partial charge in [0.05, 0.1) is 28.4 Å². The van der Waals surface area contributed by atoms with Crippen LogP contribution in [0.2, 0.25) is 10.0 Å². The normalized spacial score (nSPS) is 11.4. The van der Waals surface area contributed by atoms with Gasteiger partial charge in [0, 0.05) is 27.3 Å². The van der Waals surface area contributed by atoms with Crippen molar-refractivity contribution in [3.05, 3.63) is 79.8 Å². The van der Waals surface area contributed by atoms with Gasteiger partial charge in [-0.3, -0.25) is 9.20 Å². The number of amides is 1. The number of hydrogen-bond donors (Lipinski definition) is 1. The van der Waals surface area contributed by atoms with Crippen LogP contribution in [0.4, 0.5) is 0 Å². The molecule has 0 unspecified atom stereocenters. The summed E-state index contributed by atoms with van der Waals surface area (Å²) in [6.07, 6.45) is 3.65. The van der Waals surface area contributed by atoms with Crippen molar-refractivity contribution in [1.82, 2.24) is 14.8 Å². The van der Waals surface area contributed by atoms with Crippen molar-refractivity contribution in [1.29, 1.82) is 0 Å². The van der Waals surface area contributed by atoms with Crippen LogP contribution in [-0.4, -0.2) is 21.5 Å². The minimum atomic E-state index is -0.222. The summed E-state index contributed by atoms with van der Waals surface area (Å²) in [7, 11) is 0. The van der Waals surface area contributed by atoms with Gasteiger partial charge in [-0.2, -0.15) is 5.10 Å². The Morgan fingerprint density at radius 2 is 2.00 bits per heavy atom. The average molecular weight is 508 g/mol. The number of aromatic nitrogens is 2. The smallest absolute Gasteiger partial charge is 0.246 e. The molecule has 146 valence electrons. The van der Waals surface area contributed by atoms with Crippen molar-refractivity contribution in [3.63, 3.8) is 0 Å². The molecule has 4 aromatic rings. The van der Waals surface area contributed by atoms with E-state index in [0.717, 1.165) is 31.9 Å². The molecule has 0 radical (unpaired) electrons. The van der Waals surface area contributed by atoms with Crippen LogP contribution in [0.1, 0.15) is 11.3 Å². The topological polar surface area (TPSA) is 58.8 Å². The van der Waals surface area contributed by atoms with Crippen molar-refractivity contribution in [2.45, 2.75) is 6.42 Å². The highest BCUT2D eigenvalue weighted by Gasteiger charge is 2.12. The lowest BCUT2D eigenvalue weighted by Gasteiger charge is -2.00. The number of benzene rings is 2. The van der Waals surface area contributed by atoms with E-state index in [1.807, 2.05) is 40.2 Å². The Labute approximate surface area is 189 Å². The van der Waals surface area contributed by atoms with Crippen LogP contribution >= 0.6 is 50.5 Å². The fraction of sp³-hybridized carbons (Fsp3) is 0.0500. The summed E-state index contributed by atoms with van der Waals surface area (Å²) in [6, 6.07) is 13.1. The zero-order chi connectivity index (χ0) is 20.4. The van der Waals surface area contributed by atoms with E-state index in [1.54, 1.807) is 18.2 Å². The molecule has 0 saturated heterocycles.